The third-order valence-corrected chi connectivity index (χ3v) is 0.431. The van der Waals surface area contributed by atoms with E-state index in [4.69, 9.17) is 16.6 Å². The van der Waals surface area contributed by atoms with Crippen LogP contribution in [0.15, 0.2) is 12.3 Å². The van der Waals surface area contributed by atoms with Crippen LogP contribution in [0.3, 0.4) is 0 Å². The van der Waals surface area contributed by atoms with E-state index in [-0.39, 0.29) is 5.71 Å². The number of hydrogen-bond acceptors (Lipinski definition) is 3. The highest BCUT2D eigenvalue weighted by atomic mass is 14.5. The van der Waals surface area contributed by atoms with Crippen LogP contribution in [0.1, 0.15) is 0 Å². The fraction of sp³-hybridized carbons (Fsp3) is 0. The zero-order chi connectivity index (χ0) is 5.70. The average molecular weight is 97.1 g/mol. The molecule has 0 aromatic carbocycles. The van der Waals surface area contributed by atoms with Crippen molar-refractivity contribution in [3.05, 3.63) is 12.3 Å². The molecule has 3 heteroatoms. The van der Waals surface area contributed by atoms with Gasteiger partial charge in [-0.2, -0.15) is 0 Å². The molecule has 0 spiro atoms. The molecule has 7 heavy (non-hydrogen) atoms. The van der Waals surface area contributed by atoms with E-state index in [0.29, 0.717) is 0 Å². The lowest BCUT2D eigenvalue weighted by Gasteiger charge is -1.76. The van der Waals surface area contributed by atoms with Crippen LogP contribution in [0.2, 0.25) is 0 Å². The molecule has 0 rings (SSSR count). The Hall–Kier alpha value is -1.12. The largest absolute Gasteiger partial charge is 0.405 e. The monoisotopic (exact) mass is 97.1 g/mol. The number of hydrogen-bond donors (Lipinski definition) is 3. The van der Waals surface area contributed by atoms with Gasteiger partial charge in [-0.15, -0.1) is 0 Å². The molecule has 0 bridgehead atoms. The molecule has 0 unspecified atom stereocenters. The first-order valence-corrected chi connectivity index (χ1v) is 1.78. The van der Waals surface area contributed by atoms with Crippen LogP contribution in [-0.2, 0) is 0 Å². The van der Waals surface area contributed by atoms with Crippen LogP contribution in [-0.4, -0.2) is 11.9 Å². The second-order valence-corrected chi connectivity index (χ2v) is 0.959. The summed E-state index contributed by atoms with van der Waals surface area (Å²) in [7, 11) is 0. The highest BCUT2D eigenvalue weighted by Crippen LogP contribution is 1.64. The van der Waals surface area contributed by atoms with E-state index < -0.39 is 0 Å². The summed E-state index contributed by atoms with van der Waals surface area (Å²) in [6.45, 7) is 0. The van der Waals surface area contributed by atoms with Gasteiger partial charge in [-0.1, -0.05) is 0 Å². The van der Waals surface area contributed by atoms with Crippen molar-refractivity contribution in [2.75, 3.05) is 0 Å². The van der Waals surface area contributed by atoms with E-state index in [1.807, 2.05) is 0 Å². The van der Waals surface area contributed by atoms with Gasteiger partial charge in [-0.3, -0.25) is 5.41 Å². The molecule has 0 heterocycles. The van der Waals surface area contributed by atoms with Crippen molar-refractivity contribution < 1.29 is 0 Å². The van der Waals surface area contributed by atoms with E-state index in [9.17, 15) is 0 Å². The molecule has 0 aliphatic carbocycles. The van der Waals surface area contributed by atoms with Crippen molar-refractivity contribution in [2.24, 2.45) is 5.73 Å². The zero-order valence-corrected chi connectivity index (χ0v) is 3.81. The molecular weight excluding hydrogens is 90.1 g/mol. The molecular formula is C4H7N3. The Bertz CT molecular complexity index is 104. The summed E-state index contributed by atoms with van der Waals surface area (Å²) in [5.74, 6) is 0. The summed E-state index contributed by atoms with van der Waals surface area (Å²) in [5.41, 5.74) is 4.99. The Morgan fingerprint density at radius 2 is 2.14 bits per heavy atom. The number of nitrogens with one attached hydrogen (secondary N) is 2. The smallest absolute Gasteiger partial charge is 0.0729 e. The topological polar surface area (TPSA) is 73.7 Å². The molecule has 0 atom stereocenters. The third kappa shape index (κ3) is 2.69. The molecule has 3 nitrogen and oxygen atoms in total. The van der Waals surface area contributed by atoms with Gasteiger partial charge in [0.25, 0.3) is 0 Å². The van der Waals surface area contributed by atoms with Gasteiger partial charge in [0, 0.05) is 6.21 Å². The maximum absolute atomic E-state index is 6.73. The fourth-order valence-electron chi connectivity index (χ4n) is 0.152. The Balaban J connectivity index is 3.58. The van der Waals surface area contributed by atoms with Gasteiger partial charge in [0.15, 0.2) is 0 Å². The molecule has 0 aromatic rings. The average Bonchev–Trinajstić information content (AvgIpc) is 1.68. The van der Waals surface area contributed by atoms with Crippen molar-refractivity contribution in [3.63, 3.8) is 0 Å². The summed E-state index contributed by atoms with van der Waals surface area (Å²) < 4.78 is 0. The van der Waals surface area contributed by atoms with Crippen molar-refractivity contribution in [3.8, 4) is 0 Å². The first kappa shape index (κ1) is 5.88. The molecule has 38 valence electrons. The zero-order valence-electron chi connectivity index (χ0n) is 3.81. The summed E-state index contributed by atoms with van der Waals surface area (Å²) >= 11 is 0. The first-order chi connectivity index (χ1) is 3.31. The number of allylic oxidation sites excluding steroid dienone is 1. The van der Waals surface area contributed by atoms with Gasteiger partial charge in [-0.25, -0.2) is 0 Å². The maximum atomic E-state index is 6.73. The first-order valence-electron chi connectivity index (χ1n) is 1.78. The van der Waals surface area contributed by atoms with Crippen molar-refractivity contribution in [1.82, 2.24) is 0 Å². The van der Waals surface area contributed by atoms with Gasteiger partial charge in [0.05, 0.1) is 5.71 Å². The highest BCUT2D eigenvalue weighted by Gasteiger charge is 1.74. The molecule has 4 N–H and O–H groups in total. The van der Waals surface area contributed by atoms with Gasteiger partial charge in [-0.05, 0) is 12.3 Å². The van der Waals surface area contributed by atoms with E-state index in [1.54, 1.807) is 0 Å². The maximum Gasteiger partial charge on any atom is 0.0729 e. The van der Waals surface area contributed by atoms with Crippen LogP contribution < -0.4 is 5.73 Å². The van der Waals surface area contributed by atoms with Crippen LogP contribution in [0.4, 0.5) is 0 Å². The van der Waals surface area contributed by atoms with Gasteiger partial charge < -0.3 is 11.1 Å². The normalized spacial score (nSPS) is 9.14. The van der Waals surface area contributed by atoms with Crippen LogP contribution in [0.5, 0.6) is 0 Å². The lowest BCUT2D eigenvalue weighted by Crippen LogP contribution is -1.91. The van der Waals surface area contributed by atoms with Gasteiger partial charge >= 0.3 is 0 Å². The molecule has 0 radical (unpaired) electrons. The summed E-state index contributed by atoms with van der Waals surface area (Å²) in [5, 5.41) is 13.2. The van der Waals surface area contributed by atoms with Crippen LogP contribution >= 0.6 is 0 Å². The minimum Gasteiger partial charge on any atom is -0.405 e. The predicted octanol–water partition coefficient (Wildman–Crippen LogP) is 0.128. The molecule has 0 amide bonds. The third-order valence-electron chi connectivity index (χ3n) is 0.431. The lowest BCUT2D eigenvalue weighted by atomic mass is 10.4. The van der Waals surface area contributed by atoms with E-state index in [0.717, 1.165) is 6.21 Å². The second kappa shape index (κ2) is 3.08. The summed E-state index contributed by atoms with van der Waals surface area (Å²) in [6, 6.07) is 0. The standard InChI is InChI=1S/C4H7N3/c5-2-1-4(7)3-6/h1-3,6-7H,5H2. The number of rotatable bonds is 2. The Kier molecular flexibility index (Phi) is 2.59. The second-order valence-electron chi connectivity index (χ2n) is 0.959. The Morgan fingerprint density at radius 3 is 2.29 bits per heavy atom. The molecule has 0 saturated heterocycles. The molecule has 0 saturated carbocycles. The summed E-state index contributed by atoms with van der Waals surface area (Å²) in [4.78, 5) is 0. The van der Waals surface area contributed by atoms with Crippen molar-refractivity contribution in [2.45, 2.75) is 0 Å². The summed E-state index contributed by atoms with van der Waals surface area (Å²) in [6.07, 6.45) is 3.49. The molecule has 0 fully saturated rings. The number of nitrogens with two attached hydrogens (primary N) is 1. The van der Waals surface area contributed by atoms with E-state index in [1.165, 1.54) is 12.3 Å². The SMILES string of the molecule is N=CC(=N)C=CN. The quantitative estimate of drug-likeness (QED) is 0.421. The molecule has 0 aliphatic heterocycles. The van der Waals surface area contributed by atoms with Crippen molar-refractivity contribution >= 4 is 11.9 Å². The van der Waals surface area contributed by atoms with Crippen molar-refractivity contribution in [1.29, 1.82) is 10.8 Å². The predicted molar refractivity (Wildman–Crippen MR) is 29.8 cm³/mol. The minimum atomic E-state index is 0.113. The Morgan fingerprint density at radius 1 is 1.57 bits per heavy atom. The molecule has 0 aromatic heterocycles. The molecule has 0 aliphatic rings. The lowest BCUT2D eigenvalue weighted by molar-refractivity contribution is 1.51. The van der Waals surface area contributed by atoms with Gasteiger partial charge in [0.1, 0.15) is 0 Å². The minimum absolute atomic E-state index is 0.113. The fourth-order valence-corrected chi connectivity index (χ4v) is 0.152. The van der Waals surface area contributed by atoms with E-state index in [2.05, 4.69) is 0 Å². The van der Waals surface area contributed by atoms with Crippen LogP contribution in [0.25, 0.3) is 0 Å². The Labute approximate surface area is 41.9 Å². The van der Waals surface area contributed by atoms with Crippen LogP contribution in [0, 0.1) is 10.8 Å². The van der Waals surface area contributed by atoms with Gasteiger partial charge in [0.2, 0.25) is 0 Å². The highest BCUT2D eigenvalue weighted by molar-refractivity contribution is 6.33. The van der Waals surface area contributed by atoms with E-state index >= 15 is 0 Å².